The third-order valence-corrected chi connectivity index (χ3v) is 3.73. The van der Waals surface area contributed by atoms with E-state index >= 15 is 0 Å². The SMILES string of the molecule is Cc1cc2cc(CNC(=O)c3ccc(F)c(C(=O)O)c3)ccc2[nH]1. The Hall–Kier alpha value is -3.15. The molecule has 0 aliphatic heterocycles. The second-order valence-corrected chi connectivity index (χ2v) is 5.56. The summed E-state index contributed by atoms with van der Waals surface area (Å²) in [5.41, 5.74) is 2.57. The molecule has 0 spiro atoms. The van der Waals surface area contributed by atoms with Gasteiger partial charge in [-0.1, -0.05) is 6.07 Å². The van der Waals surface area contributed by atoms with Crippen molar-refractivity contribution in [3.8, 4) is 0 Å². The topological polar surface area (TPSA) is 82.2 Å². The zero-order valence-electron chi connectivity index (χ0n) is 12.9. The molecule has 1 aromatic heterocycles. The molecule has 3 N–H and O–H groups in total. The van der Waals surface area contributed by atoms with Crippen LogP contribution >= 0.6 is 0 Å². The fourth-order valence-electron chi connectivity index (χ4n) is 2.55. The molecule has 6 heteroatoms. The van der Waals surface area contributed by atoms with Crippen molar-refractivity contribution in [2.24, 2.45) is 0 Å². The number of carboxylic acid groups (broad SMARTS) is 1. The Labute approximate surface area is 137 Å². The molecule has 24 heavy (non-hydrogen) atoms. The minimum absolute atomic E-state index is 0.104. The van der Waals surface area contributed by atoms with Crippen LogP contribution < -0.4 is 5.32 Å². The summed E-state index contributed by atoms with van der Waals surface area (Å²) in [6.45, 7) is 2.26. The summed E-state index contributed by atoms with van der Waals surface area (Å²) in [7, 11) is 0. The number of fused-ring (bicyclic) bond motifs is 1. The largest absolute Gasteiger partial charge is 0.478 e. The number of aromatic nitrogens is 1. The number of carbonyl (C=O) groups excluding carboxylic acids is 1. The molecule has 2 aromatic carbocycles. The van der Waals surface area contributed by atoms with E-state index in [0.29, 0.717) is 6.54 Å². The van der Waals surface area contributed by atoms with Gasteiger partial charge < -0.3 is 15.4 Å². The highest BCUT2D eigenvalue weighted by Gasteiger charge is 2.14. The Morgan fingerprint density at radius 3 is 2.71 bits per heavy atom. The fourth-order valence-corrected chi connectivity index (χ4v) is 2.55. The first kappa shape index (κ1) is 15.7. The van der Waals surface area contributed by atoms with Gasteiger partial charge in [-0.3, -0.25) is 4.79 Å². The standard InChI is InChI=1S/C18H15FN2O3/c1-10-6-13-7-11(2-5-16(13)21-10)9-20-17(22)12-3-4-15(19)14(8-12)18(23)24/h2-8,21H,9H2,1H3,(H,20,22)(H,23,24). The van der Waals surface area contributed by atoms with Gasteiger partial charge >= 0.3 is 5.97 Å². The lowest BCUT2D eigenvalue weighted by molar-refractivity contribution is 0.0692. The first-order valence-electron chi connectivity index (χ1n) is 7.33. The zero-order chi connectivity index (χ0) is 17.3. The van der Waals surface area contributed by atoms with E-state index in [4.69, 9.17) is 5.11 Å². The van der Waals surface area contributed by atoms with Crippen molar-refractivity contribution in [3.63, 3.8) is 0 Å². The van der Waals surface area contributed by atoms with Gasteiger partial charge in [0.1, 0.15) is 5.82 Å². The van der Waals surface area contributed by atoms with Gasteiger partial charge in [-0.05, 0) is 54.3 Å². The normalized spacial score (nSPS) is 10.8. The second-order valence-electron chi connectivity index (χ2n) is 5.56. The number of carboxylic acids is 1. The van der Waals surface area contributed by atoms with Crippen molar-refractivity contribution < 1.29 is 19.1 Å². The first-order chi connectivity index (χ1) is 11.4. The molecule has 0 aliphatic carbocycles. The fraction of sp³-hybridized carbons (Fsp3) is 0.111. The highest BCUT2D eigenvalue weighted by atomic mass is 19.1. The lowest BCUT2D eigenvalue weighted by atomic mass is 10.1. The predicted molar refractivity (Wildman–Crippen MR) is 87.6 cm³/mol. The molecule has 0 bridgehead atoms. The molecule has 0 unspecified atom stereocenters. The van der Waals surface area contributed by atoms with Crippen molar-refractivity contribution in [1.29, 1.82) is 0 Å². The van der Waals surface area contributed by atoms with Gasteiger partial charge in [0.05, 0.1) is 5.56 Å². The van der Waals surface area contributed by atoms with E-state index in [1.807, 2.05) is 31.2 Å². The molecule has 3 aromatic rings. The van der Waals surface area contributed by atoms with E-state index in [-0.39, 0.29) is 5.56 Å². The van der Waals surface area contributed by atoms with Crippen molar-refractivity contribution in [3.05, 3.63) is 70.7 Å². The van der Waals surface area contributed by atoms with Crippen molar-refractivity contribution >= 4 is 22.8 Å². The molecule has 0 atom stereocenters. The Morgan fingerprint density at radius 2 is 1.96 bits per heavy atom. The summed E-state index contributed by atoms with van der Waals surface area (Å²) < 4.78 is 13.4. The maximum Gasteiger partial charge on any atom is 0.338 e. The number of amides is 1. The van der Waals surface area contributed by atoms with Gasteiger partial charge in [-0.2, -0.15) is 0 Å². The molecule has 1 amide bonds. The van der Waals surface area contributed by atoms with Gasteiger partial charge in [0.2, 0.25) is 0 Å². The van der Waals surface area contributed by atoms with Crippen molar-refractivity contribution in [2.45, 2.75) is 13.5 Å². The minimum Gasteiger partial charge on any atom is -0.478 e. The number of benzene rings is 2. The van der Waals surface area contributed by atoms with E-state index in [9.17, 15) is 14.0 Å². The van der Waals surface area contributed by atoms with Crippen LogP contribution in [0.4, 0.5) is 4.39 Å². The van der Waals surface area contributed by atoms with E-state index in [0.717, 1.165) is 34.3 Å². The van der Waals surface area contributed by atoms with Crippen LogP contribution in [0.3, 0.4) is 0 Å². The summed E-state index contributed by atoms with van der Waals surface area (Å²) in [5.74, 6) is -2.73. The van der Waals surface area contributed by atoms with E-state index < -0.39 is 23.3 Å². The molecule has 3 rings (SSSR count). The highest BCUT2D eigenvalue weighted by Crippen LogP contribution is 2.17. The zero-order valence-corrected chi connectivity index (χ0v) is 12.9. The Kier molecular flexibility index (Phi) is 4.04. The molecule has 5 nitrogen and oxygen atoms in total. The van der Waals surface area contributed by atoms with Crippen LogP contribution in [-0.4, -0.2) is 22.0 Å². The molecule has 0 radical (unpaired) electrons. The van der Waals surface area contributed by atoms with Crippen LogP contribution in [0.15, 0.2) is 42.5 Å². The average molecular weight is 326 g/mol. The van der Waals surface area contributed by atoms with Crippen LogP contribution in [-0.2, 0) is 6.54 Å². The minimum atomic E-state index is -1.41. The number of nitrogens with one attached hydrogen (secondary N) is 2. The van der Waals surface area contributed by atoms with Gasteiger partial charge in [0, 0.05) is 23.3 Å². The molecular formula is C18H15FN2O3. The first-order valence-corrected chi connectivity index (χ1v) is 7.33. The smallest absolute Gasteiger partial charge is 0.338 e. The highest BCUT2D eigenvalue weighted by molar-refractivity contribution is 5.97. The second kappa shape index (κ2) is 6.16. The van der Waals surface area contributed by atoms with E-state index in [1.54, 1.807) is 0 Å². The third-order valence-electron chi connectivity index (χ3n) is 3.73. The number of H-pyrrole nitrogens is 1. The number of hydrogen-bond donors (Lipinski definition) is 3. The van der Waals surface area contributed by atoms with Crippen LogP contribution in [0.5, 0.6) is 0 Å². The number of halogens is 1. The van der Waals surface area contributed by atoms with Crippen LogP contribution in [0.2, 0.25) is 0 Å². The van der Waals surface area contributed by atoms with Gasteiger partial charge in [-0.15, -0.1) is 0 Å². The lowest BCUT2D eigenvalue weighted by Crippen LogP contribution is -2.23. The quantitative estimate of drug-likeness (QED) is 0.688. The summed E-state index contributed by atoms with van der Waals surface area (Å²) in [6.07, 6.45) is 0. The number of hydrogen-bond acceptors (Lipinski definition) is 2. The Bertz CT molecular complexity index is 947. The summed E-state index contributed by atoms with van der Waals surface area (Å²) in [5, 5.41) is 12.7. The maximum atomic E-state index is 13.4. The molecule has 0 aliphatic rings. The van der Waals surface area contributed by atoms with Crippen LogP contribution in [0.25, 0.3) is 10.9 Å². The maximum absolute atomic E-state index is 13.4. The van der Waals surface area contributed by atoms with Crippen LogP contribution in [0, 0.1) is 12.7 Å². The van der Waals surface area contributed by atoms with Crippen molar-refractivity contribution in [2.75, 3.05) is 0 Å². The van der Waals surface area contributed by atoms with Gasteiger partial charge in [0.25, 0.3) is 5.91 Å². The van der Waals surface area contributed by atoms with E-state index in [1.165, 1.54) is 6.07 Å². The van der Waals surface area contributed by atoms with Gasteiger partial charge in [-0.25, -0.2) is 9.18 Å². The Balaban J connectivity index is 1.74. The lowest BCUT2D eigenvalue weighted by Gasteiger charge is -2.07. The monoisotopic (exact) mass is 326 g/mol. The molecule has 0 saturated carbocycles. The number of aryl methyl sites for hydroxylation is 1. The number of carbonyl (C=O) groups is 2. The van der Waals surface area contributed by atoms with Gasteiger partial charge in [0.15, 0.2) is 0 Å². The summed E-state index contributed by atoms with van der Waals surface area (Å²) in [6, 6.07) is 11.1. The molecule has 1 heterocycles. The summed E-state index contributed by atoms with van der Waals surface area (Å²) >= 11 is 0. The molecule has 0 fully saturated rings. The number of aromatic carboxylic acids is 1. The molecule has 122 valence electrons. The predicted octanol–water partition coefficient (Wildman–Crippen LogP) is 3.24. The summed E-state index contributed by atoms with van der Waals surface area (Å²) in [4.78, 5) is 26.3. The average Bonchev–Trinajstić information content (AvgIpc) is 2.92. The number of aromatic amines is 1. The van der Waals surface area contributed by atoms with Crippen LogP contribution in [0.1, 0.15) is 32.0 Å². The van der Waals surface area contributed by atoms with Crippen molar-refractivity contribution in [1.82, 2.24) is 10.3 Å². The third kappa shape index (κ3) is 3.12. The Morgan fingerprint density at radius 1 is 1.17 bits per heavy atom. The number of rotatable bonds is 4. The van der Waals surface area contributed by atoms with E-state index in [2.05, 4.69) is 10.3 Å². The molecule has 0 saturated heterocycles. The molecular weight excluding hydrogens is 311 g/mol.